The predicted molar refractivity (Wildman–Crippen MR) is 89.5 cm³/mol. The molecule has 8 nitrogen and oxygen atoms in total. The van der Waals surface area contributed by atoms with Gasteiger partial charge in [-0.25, -0.2) is 4.68 Å². The molecule has 128 valence electrons. The zero-order valence-electron chi connectivity index (χ0n) is 13.7. The topological polar surface area (TPSA) is 99.7 Å². The molecule has 1 N–H and O–H groups in total. The van der Waals surface area contributed by atoms with E-state index in [1.807, 2.05) is 12.3 Å². The summed E-state index contributed by atoms with van der Waals surface area (Å²) in [5, 5.41) is 20.5. The maximum absolute atomic E-state index is 12.3. The van der Waals surface area contributed by atoms with Crippen LogP contribution in [-0.2, 0) is 4.79 Å². The molecule has 0 spiro atoms. The second kappa shape index (κ2) is 6.51. The molecule has 1 saturated heterocycles. The molecule has 2 aromatic rings. The van der Waals surface area contributed by atoms with Crippen LogP contribution in [0.1, 0.15) is 30.9 Å². The fraction of sp³-hybridized carbons (Fsp3) is 0.471. The molecule has 0 unspecified atom stereocenters. The van der Waals surface area contributed by atoms with Crippen LogP contribution in [0.5, 0.6) is 0 Å². The summed E-state index contributed by atoms with van der Waals surface area (Å²) >= 11 is 0. The first-order valence-electron chi connectivity index (χ1n) is 8.49. The van der Waals surface area contributed by atoms with Crippen LogP contribution in [0.15, 0.2) is 30.9 Å². The molecule has 1 aliphatic carbocycles. The zero-order chi connectivity index (χ0) is 17.2. The summed E-state index contributed by atoms with van der Waals surface area (Å²) in [7, 11) is 0. The summed E-state index contributed by atoms with van der Waals surface area (Å²) in [5.74, 6) is 0.641. The third-order valence-electron chi connectivity index (χ3n) is 4.85. The van der Waals surface area contributed by atoms with Crippen LogP contribution < -0.4 is 10.2 Å². The van der Waals surface area contributed by atoms with Crippen molar-refractivity contribution in [1.29, 1.82) is 5.26 Å². The minimum atomic E-state index is -0.0762. The number of rotatable bonds is 5. The minimum Gasteiger partial charge on any atom is -0.366 e. The van der Waals surface area contributed by atoms with Crippen molar-refractivity contribution in [2.75, 3.05) is 18.0 Å². The average molecular weight is 337 g/mol. The van der Waals surface area contributed by atoms with Crippen LogP contribution >= 0.6 is 0 Å². The van der Waals surface area contributed by atoms with Crippen molar-refractivity contribution in [2.24, 2.45) is 5.92 Å². The number of carbonyl (C=O) groups excluding carboxylic acids is 1. The third kappa shape index (κ3) is 3.31. The van der Waals surface area contributed by atoms with Crippen molar-refractivity contribution in [3.05, 3.63) is 36.4 Å². The van der Waals surface area contributed by atoms with E-state index >= 15 is 0 Å². The highest BCUT2D eigenvalue weighted by Crippen LogP contribution is 2.33. The van der Waals surface area contributed by atoms with Gasteiger partial charge in [0.2, 0.25) is 5.91 Å². The molecular formula is C17H19N7O. The Bertz CT molecular complexity index is 794. The molecule has 0 bridgehead atoms. The highest BCUT2D eigenvalue weighted by molar-refractivity contribution is 5.77. The van der Waals surface area contributed by atoms with Gasteiger partial charge in [-0.2, -0.15) is 5.26 Å². The van der Waals surface area contributed by atoms with Gasteiger partial charge in [0.1, 0.15) is 6.07 Å². The summed E-state index contributed by atoms with van der Waals surface area (Å²) in [6.45, 7) is 1.27. The first kappa shape index (κ1) is 15.6. The Morgan fingerprint density at radius 1 is 1.36 bits per heavy atom. The summed E-state index contributed by atoms with van der Waals surface area (Å²) in [6.07, 6.45) is 9.60. The van der Waals surface area contributed by atoms with E-state index in [2.05, 4.69) is 31.6 Å². The molecule has 1 amide bonds. The van der Waals surface area contributed by atoms with Crippen molar-refractivity contribution in [3.63, 3.8) is 0 Å². The SMILES string of the molecule is N#Cc1cnccc1N1C[C@@H](NC(=O)CC2CC2)[C@@H](n2ccnn2)C1. The van der Waals surface area contributed by atoms with Crippen molar-refractivity contribution in [1.82, 2.24) is 25.3 Å². The average Bonchev–Trinajstić information content (AvgIpc) is 3.11. The van der Waals surface area contributed by atoms with Gasteiger partial charge in [-0.05, 0) is 24.8 Å². The lowest BCUT2D eigenvalue weighted by molar-refractivity contribution is -0.122. The van der Waals surface area contributed by atoms with Gasteiger partial charge in [-0.15, -0.1) is 5.10 Å². The minimum absolute atomic E-state index is 0.0228. The van der Waals surface area contributed by atoms with E-state index in [9.17, 15) is 10.1 Å². The predicted octanol–water partition coefficient (Wildman–Crippen LogP) is 0.891. The van der Waals surface area contributed by atoms with Gasteiger partial charge < -0.3 is 10.2 Å². The first-order valence-corrected chi connectivity index (χ1v) is 8.49. The lowest BCUT2D eigenvalue weighted by Gasteiger charge is -2.19. The van der Waals surface area contributed by atoms with Crippen LogP contribution in [-0.4, -0.2) is 45.0 Å². The van der Waals surface area contributed by atoms with Gasteiger partial charge in [-0.3, -0.25) is 9.78 Å². The number of nitriles is 1. The molecule has 1 aliphatic heterocycles. The number of hydrogen-bond donors (Lipinski definition) is 1. The summed E-state index contributed by atoms with van der Waals surface area (Å²) in [4.78, 5) is 18.4. The summed E-state index contributed by atoms with van der Waals surface area (Å²) < 4.78 is 1.79. The summed E-state index contributed by atoms with van der Waals surface area (Å²) in [6, 6.07) is 3.93. The third-order valence-corrected chi connectivity index (χ3v) is 4.85. The second-order valence-corrected chi connectivity index (χ2v) is 6.68. The fourth-order valence-electron chi connectivity index (χ4n) is 3.39. The van der Waals surface area contributed by atoms with Gasteiger partial charge in [-0.1, -0.05) is 5.21 Å². The molecule has 0 radical (unpaired) electrons. The standard InChI is InChI=1S/C17H19N7O/c18-8-13-9-19-4-3-15(13)23-10-14(21-17(25)7-12-1-2-12)16(11-23)24-6-5-20-22-24/h3-6,9,12,14,16H,1-2,7,10-11H2,(H,21,25)/t14-,16+/m1/s1. The van der Waals surface area contributed by atoms with E-state index in [-0.39, 0.29) is 18.0 Å². The van der Waals surface area contributed by atoms with Gasteiger partial charge in [0, 0.05) is 38.1 Å². The number of carbonyl (C=O) groups is 1. The van der Waals surface area contributed by atoms with Gasteiger partial charge in [0.05, 0.1) is 29.5 Å². The molecule has 25 heavy (non-hydrogen) atoms. The van der Waals surface area contributed by atoms with Crippen LogP contribution in [0.25, 0.3) is 0 Å². The number of amides is 1. The molecule has 2 aliphatic rings. The van der Waals surface area contributed by atoms with Crippen LogP contribution in [0.2, 0.25) is 0 Å². The maximum atomic E-state index is 12.3. The Labute approximate surface area is 145 Å². The number of hydrogen-bond acceptors (Lipinski definition) is 6. The fourth-order valence-corrected chi connectivity index (χ4v) is 3.39. The van der Waals surface area contributed by atoms with Gasteiger partial charge >= 0.3 is 0 Å². The normalized spacial score (nSPS) is 22.6. The smallest absolute Gasteiger partial charge is 0.220 e. The van der Waals surface area contributed by atoms with Crippen molar-refractivity contribution in [2.45, 2.75) is 31.3 Å². The molecule has 2 aromatic heterocycles. The molecule has 2 atom stereocenters. The highest BCUT2D eigenvalue weighted by atomic mass is 16.1. The molecule has 2 fully saturated rings. The number of nitrogens with zero attached hydrogens (tertiary/aromatic N) is 6. The Kier molecular flexibility index (Phi) is 4.06. The van der Waals surface area contributed by atoms with Crippen LogP contribution in [0, 0.1) is 17.2 Å². The number of nitrogens with one attached hydrogen (secondary N) is 1. The molecule has 8 heteroatoms. The molecule has 3 heterocycles. The zero-order valence-corrected chi connectivity index (χ0v) is 13.7. The lowest BCUT2D eigenvalue weighted by Crippen LogP contribution is -2.41. The first-order chi connectivity index (χ1) is 12.2. The van der Waals surface area contributed by atoms with Crippen LogP contribution in [0.3, 0.4) is 0 Å². The Hall–Kier alpha value is -2.95. The largest absolute Gasteiger partial charge is 0.366 e. The highest BCUT2D eigenvalue weighted by Gasteiger charge is 2.37. The number of anilines is 1. The molecule has 1 saturated carbocycles. The second-order valence-electron chi connectivity index (χ2n) is 6.68. The van der Waals surface area contributed by atoms with E-state index < -0.39 is 0 Å². The van der Waals surface area contributed by atoms with Crippen molar-refractivity contribution < 1.29 is 4.79 Å². The number of aromatic nitrogens is 4. The van der Waals surface area contributed by atoms with E-state index in [4.69, 9.17) is 0 Å². The molecular weight excluding hydrogens is 318 g/mol. The van der Waals surface area contributed by atoms with Gasteiger partial charge in [0.25, 0.3) is 0 Å². The van der Waals surface area contributed by atoms with E-state index in [1.54, 1.807) is 23.3 Å². The van der Waals surface area contributed by atoms with Crippen molar-refractivity contribution in [3.8, 4) is 6.07 Å². The quantitative estimate of drug-likeness (QED) is 0.870. The monoisotopic (exact) mass is 337 g/mol. The van der Waals surface area contributed by atoms with Crippen LogP contribution in [0.4, 0.5) is 5.69 Å². The summed E-state index contributed by atoms with van der Waals surface area (Å²) in [5.41, 5.74) is 1.37. The Morgan fingerprint density at radius 3 is 2.96 bits per heavy atom. The maximum Gasteiger partial charge on any atom is 0.220 e. The lowest BCUT2D eigenvalue weighted by atomic mass is 10.1. The van der Waals surface area contributed by atoms with Gasteiger partial charge in [0.15, 0.2) is 0 Å². The Balaban J connectivity index is 1.55. The van der Waals surface area contributed by atoms with E-state index in [1.165, 1.54) is 0 Å². The molecule has 0 aromatic carbocycles. The number of pyridine rings is 1. The van der Waals surface area contributed by atoms with Crippen molar-refractivity contribution >= 4 is 11.6 Å². The Morgan fingerprint density at radius 2 is 2.24 bits per heavy atom. The van der Waals surface area contributed by atoms with E-state index in [0.29, 0.717) is 31.0 Å². The van der Waals surface area contributed by atoms with E-state index in [0.717, 1.165) is 18.5 Å². The molecule has 4 rings (SSSR count).